The van der Waals surface area contributed by atoms with E-state index in [1.165, 1.54) is 0 Å². The Labute approximate surface area is 140 Å². The maximum atomic E-state index is 11.7. The zero-order valence-electron chi connectivity index (χ0n) is 13.9. The first-order valence-electron chi connectivity index (χ1n) is 7.54. The third-order valence-corrected chi connectivity index (χ3v) is 3.08. The van der Waals surface area contributed by atoms with E-state index in [1.807, 2.05) is 0 Å². The zero-order chi connectivity index (χ0) is 17.7. The molecule has 0 aliphatic carbocycles. The average molecular weight is 328 g/mol. The Morgan fingerprint density at radius 2 is 1.75 bits per heavy atom. The zero-order valence-corrected chi connectivity index (χ0v) is 13.9. The highest BCUT2D eigenvalue weighted by atomic mass is 16.6. The van der Waals surface area contributed by atoms with Crippen LogP contribution >= 0.6 is 0 Å². The van der Waals surface area contributed by atoms with Crippen LogP contribution in [-0.4, -0.2) is 29.3 Å². The van der Waals surface area contributed by atoms with E-state index in [0.29, 0.717) is 16.9 Å². The lowest BCUT2D eigenvalue weighted by Crippen LogP contribution is -2.27. The molecule has 0 amide bonds. The molecule has 0 bridgehead atoms. The molecule has 0 heterocycles. The molecule has 0 aliphatic heterocycles. The van der Waals surface area contributed by atoms with Crippen molar-refractivity contribution in [1.82, 2.24) is 0 Å². The van der Waals surface area contributed by atoms with E-state index in [0.717, 1.165) is 0 Å². The standard InChI is InChI=1S/C19H20O5/c1-19(2,3)24-17(20)12-23-14-8-6-7-13(11-14)15-9-4-5-10-16(15)18(21)22/h4-11H,12H2,1-3H3,(H,21,22). The number of aromatic carboxylic acids is 1. The third kappa shape index (κ3) is 4.84. The molecule has 0 aromatic heterocycles. The van der Waals surface area contributed by atoms with Gasteiger partial charge in [-0.15, -0.1) is 0 Å². The van der Waals surface area contributed by atoms with E-state index < -0.39 is 17.5 Å². The smallest absolute Gasteiger partial charge is 0.344 e. The van der Waals surface area contributed by atoms with Crippen LogP contribution < -0.4 is 4.74 Å². The summed E-state index contributed by atoms with van der Waals surface area (Å²) in [4.78, 5) is 23.0. The summed E-state index contributed by atoms with van der Waals surface area (Å²) in [6.07, 6.45) is 0. The van der Waals surface area contributed by atoms with E-state index >= 15 is 0 Å². The summed E-state index contributed by atoms with van der Waals surface area (Å²) in [5, 5.41) is 9.29. The molecule has 1 N–H and O–H groups in total. The SMILES string of the molecule is CC(C)(C)OC(=O)COc1cccc(-c2ccccc2C(=O)O)c1. The quantitative estimate of drug-likeness (QED) is 0.846. The van der Waals surface area contributed by atoms with Gasteiger partial charge >= 0.3 is 11.9 Å². The first kappa shape index (κ1) is 17.5. The molecule has 24 heavy (non-hydrogen) atoms. The number of carboxylic acids is 1. The molecule has 5 heteroatoms. The van der Waals surface area contributed by atoms with Gasteiger partial charge in [0, 0.05) is 0 Å². The lowest BCUT2D eigenvalue weighted by Gasteiger charge is -2.19. The lowest BCUT2D eigenvalue weighted by molar-refractivity contribution is -0.157. The minimum atomic E-state index is -0.995. The molecule has 0 atom stereocenters. The van der Waals surface area contributed by atoms with Crippen LogP contribution in [0.4, 0.5) is 0 Å². The molecule has 0 aliphatic rings. The molecular formula is C19H20O5. The number of carbonyl (C=O) groups is 2. The number of hydrogen-bond acceptors (Lipinski definition) is 4. The van der Waals surface area contributed by atoms with Gasteiger partial charge in [0.2, 0.25) is 0 Å². The molecule has 5 nitrogen and oxygen atoms in total. The molecule has 0 saturated heterocycles. The summed E-state index contributed by atoms with van der Waals surface area (Å²) in [6.45, 7) is 5.15. The largest absolute Gasteiger partial charge is 0.482 e. The second-order valence-electron chi connectivity index (χ2n) is 6.25. The molecule has 126 valence electrons. The Balaban J connectivity index is 2.16. The van der Waals surface area contributed by atoms with Crippen LogP contribution in [0.5, 0.6) is 5.75 Å². The molecule has 2 aromatic carbocycles. The van der Waals surface area contributed by atoms with Gasteiger partial charge in [-0.1, -0.05) is 30.3 Å². The van der Waals surface area contributed by atoms with Gasteiger partial charge in [-0.25, -0.2) is 9.59 Å². The highest BCUT2D eigenvalue weighted by molar-refractivity contribution is 5.96. The first-order valence-corrected chi connectivity index (χ1v) is 7.54. The van der Waals surface area contributed by atoms with Crippen molar-refractivity contribution in [3.8, 4) is 16.9 Å². The van der Waals surface area contributed by atoms with Crippen molar-refractivity contribution in [2.45, 2.75) is 26.4 Å². The number of esters is 1. The molecule has 0 saturated carbocycles. The van der Waals surface area contributed by atoms with Crippen molar-refractivity contribution in [2.75, 3.05) is 6.61 Å². The highest BCUT2D eigenvalue weighted by Crippen LogP contribution is 2.27. The van der Waals surface area contributed by atoms with E-state index in [2.05, 4.69) is 0 Å². The van der Waals surface area contributed by atoms with Gasteiger partial charge in [-0.05, 0) is 50.1 Å². The summed E-state index contributed by atoms with van der Waals surface area (Å²) < 4.78 is 10.6. The van der Waals surface area contributed by atoms with E-state index in [4.69, 9.17) is 9.47 Å². The predicted molar refractivity (Wildman–Crippen MR) is 90.2 cm³/mol. The van der Waals surface area contributed by atoms with Crippen LogP contribution in [0.3, 0.4) is 0 Å². The van der Waals surface area contributed by atoms with Crippen molar-refractivity contribution in [3.63, 3.8) is 0 Å². The fourth-order valence-electron chi connectivity index (χ4n) is 2.19. The van der Waals surface area contributed by atoms with Crippen molar-refractivity contribution >= 4 is 11.9 Å². The Kier molecular flexibility index (Phi) is 5.24. The fraction of sp³-hybridized carbons (Fsp3) is 0.263. The van der Waals surface area contributed by atoms with Crippen LogP contribution in [0.15, 0.2) is 48.5 Å². The molecule has 0 unspecified atom stereocenters. The Morgan fingerprint density at radius 3 is 2.42 bits per heavy atom. The lowest BCUT2D eigenvalue weighted by atomic mass is 10.00. The van der Waals surface area contributed by atoms with Gasteiger partial charge in [0.1, 0.15) is 11.4 Å². The highest BCUT2D eigenvalue weighted by Gasteiger charge is 2.17. The maximum absolute atomic E-state index is 11.7. The van der Waals surface area contributed by atoms with Crippen LogP contribution in [0, 0.1) is 0 Å². The normalized spacial score (nSPS) is 11.0. The number of carbonyl (C=O) groups excluding carboxylic acids is 1. The van der Waals surface area contributed by atoms with Gasteiger partial charge in [0.15, 0.2) is 6.61 Å². The molecule has 0 spiro atoms. The summed E-state index contributed by atoms with van der Waals surface area (Å²) in [7, 11) is 0. The number of carboxylic acid groups (broad SMARTS) is 1. The van der Waals surface area contributed by atoms with Gasteiger partial charge in [-0.2, -0.15) is 0 Å². The fourth-order valence-corrected chi connectivity index (χ4v) is 2.19. The number of ether oxygens (including phenoxy) is 2. The van der Waals surface area contributed by atoms with Crippen LogP contribution in [-0.2, 0) is 9.53 Å². The number of hydrogen-bond donors (Lipinski definition) is 1. The molecule has 0 radical (unpaired) electrons. The molecular weight excluding hydrogens is 308 g/mol. The van der Waals surface area contributed by atoms with Gasteiger partial charge < -0.3 is 14.6 Å². The Bertz CT molecular complexity index is 743. The number of rotatable bonds is 5. The summed E-state index contributed by atoms with van der Waals surface area (Å²) >= 11 is 0. The van der Waals surface area contributed by atoms with E-state index in [9.17, 15) is 14.7 Å². The summed E-state index contributed by atoms with van der Waals surface area (Å²) in [6, 6.07) is 13.7. The minimum Gasteiger partial charge on any atom is -0.482 e. The average Bonchev–Trinajstić information content (AvgIpc) is 2.51. The van der Waals surface area contributed by atoms with Gasteiger partial charge in [0.05, 0.1) is 5.56 Å². The summed E-state index contributed by atoms with van der Waals surface area (Å²) in [5.41, 5.74) is 0.937. The second kappa shape index (κ2) is 7.17. The van der Waals surface area contributed by atoms with Crippen molar-refractivity contribution in [1.29, 1.82) is 0 Å². The Morgan fingerprint density at radius 1 is 1.04 bits per heavy atom. The van der Waals surface area contributed by atoms with Crippen LogP contribution in [0.1, 0.15) is 31.1 Å². The Hall–Kier alpha value is -2.82. The van der Waals surface area contributed by atoms with Crippen molar-refractivity contribution in [2.24, 2.45) is 0 Å². The number of benzene rings is 2. The second-order valence-corrected chi connectivity index (χ2v) is 6.25. The molecule has 2 rings (SSSR count). The molecule has 0 fully saturated rings. The molecule has 2 aromatic rings. The first-order chi connectivity index (χ1) is 11.3. The maximum Gasteiger partial charge on any atom is 0.344 e. The summed E-state index contributed by atoms with van der Waals surface area (Å²) in [5.74, 6) is -0.983. The minimum absolute atomic E-state index is 0.207. The van der Waals surface area contributed by atoms with E-state index in [-0.39, 0.29) is 12.2 Å². The van der Waals surface area contributed by atoms with Gasteiger partial charge in [-0.3, -0.25) is 0 Å². The predicted octanol–water partition coefficient (Wildman–Crippen LogP) is 3.77. The van der Waals surface area contributed by atoms with Crippen LogP contribution in [0.25, 0.3) is 11.1 Å². The van der Waals surface area contributed by atoms with Crippen LogP contribution in [0.2, 0.25) is 0 Å². The van der Waals surface area contributed by atoms with E-state index in [1.54, 1.807) is 69.3 Å². The monoisotopic (exact) mass is 328 g/mol. The van der Waals surface area contributed by atoms with Crippen molar-refractivity contribution in [3.05, 3.63) is 54.1 Å². The van der Waals surface area contributed by atoms with Gasteiger partial charge in [0.25, 0.3) is 0 Å². The topological polar surface area (TPSA) is 72.8 Å². The third-order valence-electron chi connectivity index (χ3n) is 3.08. The van der Waals surface area contributed by atoms with Crippen molar-refractivity contribution < 1.29 is 24.2 Å².